The zero-order chi connectivity index (χ0) is 15.3. The number of nitrogens with zero attached hydrogens (tertiary/aromatic N) is 1. The minimum absolute atomic E-state index is 0.0901. The molecule has 8 heteroatoms. The van der Waals surface area contributed by atoms with Gasteiger partial charge in [0.2, 0.25) is 0 Å². The number of amides is 1. The van der Waals surface area contributed by atoms with Gasteiger partial charge in [0.25, 0.3) is 0 Å². The van der Waals surface area contributed by atoms with Crippen LogP contribution >= 0.6 is 11.3 Å². The highest BCUT2D eigenvalue weighted by atomic mass is 32.1. The highest BCUT2D eigenvalue weighted by Gasteiger charge is 2.17. The molecule has 1 amide bonds. The van der Waals surface area contributed by atoms with Crippen LogP contribution in [0.15, 0.2) is 12.1 Å². The van der Waals surface area contributed by atoms with Gasteiger partial charge in [0.05, 0.1) is 4.92 Å². The van der Waals surface area contributed by atoms with E-state index in [9.17, 15) is 14.9 Å². The zero-order valence-electron chi connectivity index (χ0n) is 11.7. The lowest BCUT2D eigenvalue weighted by molar-refractivity contribution is -0.380. The predicted octanol–water partition coefficient (Wildman–Crippen LogP) is 2.05. The van der Waals surface area contributed by atoms with E-state index in [1.165, 1.54) is 6.07 Å². The Morgan fingerprint density at radius 1 is 1.55 bits per heavy atom. The third-order valence-corrected chi connectivity index (χ3v) is 3.26. The van der Waals surface area contributed by atoms with E-state index < -0.39 is 16.6 Å². The molecular weight excluding hydrogens is 282 g/mol. The molecular formula is C12H19N3O4S. The fraction of sp³-hybridized carbons (Fsp3) is 0.583. The van der Waals surface area contributed by atoms with Crippen molar-refractivity contribution in [1.29, 1.82) is 0 Å². The number of carbonyl (C=O) groups is 1. The summed E-state index contributed by atoms with van der Waals surface area (Å²) in [6.45, 7) is 5.58. The second-order valence-corrected chi connectivity index (χ2v) is 6.49. The van der Waals surface area contributed by atoms with Gasteiger partial charge in [-0.3, -0.25) is 10.1 Å². The zero-order valence-corrected chi connectivity index (χ0v) is 12.5. The number of hydrogen-bond donors (Lipinski definition) is 2. The van der Waals surface area contributed by atoms with Crippen LogP contribution in [0.5, 0.6) is 0 Å². The van der Waals surface area contributed by atoms with Crippen LogP contribution in [0, 0.1) is 10.1 Å². The molecule has 1 atom stereocenters. The number of hydrogen-bond acceptors (Lipinski definition) is 6. The second kappa shape index (κ2) is 6.67. The van der Waals surface area contributed by atoms with Gasteiger partial charge in [0.1, 0.15) is 5.60 Å². The number of thiophene rings is 1. The summed E-state index contributed by atoms with van der Waals surface area (Å²) in [7, 11) is 0. The first-order valence-electron chi connectivity index (χ1n) is 6.13. The first-order chi connectivity index (χ1) is 9.17. The van der Waals surface area contributed by atoms with Crippen molar-refractivity contribution in [2.45, 2.75) is 38.8 Å². The van der Waals surface area contributed by atoms with Crippen molar-refractivity contribution in [1.82, 2.24) is 5.32 Å². The number of alkyl carbamates (subject to hydrolysis) is 1. The minimum atomic E-state index is -0.553. The van der Waals surface area contributed by atoms with Gasteiger partial charge in [-0.05, 0) is 33.3 Å². The highest BCUT2D eigenvalue weighted by Crippen LogP contribution is 2.24. The van der Waals surface area contributed by atoms with Crippen molar-refractivity contribution in [3.05, 3.63) is 27.1 Å². The lowest BCUT2D eigenvalue weighted by atomic mass is 10.2. The Morgan fingerprint density at radius 3 is 2.70 bits per heavy atom. The van der Waals surface area contributed by atoms with Crippen LogP contribution in [0.1, 0.15) is 25.6 Å². The second-order valence-electron chi connectivity index (χ2n) is 5.34. The van der Waals surface area contributed by atoms with Gasteiger partial charge in [-0.15, -0.1) is 0 Å². The average Bonchev–Trinajstić information content (AvgIpc) is 2.72. The van der Waals surface area contributed by atoms with Crippen molar-refractivity contribution in [3.8, 4) is 0 Å². The topological polar surface area (TPSA) is 107 Å². The summed E-state index contributed by atoms with van der Waals surface area (Å²) >= 11 is 1.09. The minimum Gasteiger partial charge on any atom is -0.444 e. The molecule has 0 aliphatic carbocycles. The Bertz CT molecular complexity index is 481. The average molecular weight is 301 g/mol. The van der Waals surface area contributed by atoms with Gasteiger partial charge < -0.3 is 15.8 Å². The van der Waals surface area contributed by atoms with Crippen LogP contribution < -0.4 is 11.1 Å². The molecule has 0 spiro atoms. The van der Waals surface area contributed by atoms with Crippen LogP contribution in [-0.2, 0) is 11.2 Å². The van der Waals surface area contributed by atoms with Crippen molar-refractivity contribution < 1.29 is 14.5 Å². The van der Waals surface area contributed by atoms with E-state index in [0.29, 0.717) is 6.42 Å². The van der Waals surface area contributed by atoms with E-state index in [-0.39, 0.29) is 17.6 Å². The fourth-order valence-corrected chi connectivity index (χ4v) is 2.35. The molecule has 112 valence electrons. The number of nitrogens with one attached hydrogen (secondary N) is 1. The molecule has 1 aromatic heterocycles. The summed E-state index contributed by atoms with van der Waals surface area (Å²) in [6, 6.07) is 2.81. The third kappa shape index (κ3) is 5.98. The predicted molar refractivity (Wildman–Crippen MR) is 76.9 cm³/mol. The molecule has 0 aliphatic rings. The summed E-state index contributed by atoms with van der Waals surface area (Å²) in [5.74, 6) is 0. The standard InChI is InChI=1S/C12H19N3O4S/c1-12(2,3)19-11(16)14-7-8(13)6-9-4-5-10(20-9)15(17)18/h4-5,8H,6-7,13H2,1-3H3,(H,14,16). The monoisotopic (exact) mass is 301 g/mol. The normalized spacial score (nSPS) is 12.8. The molecule has 0 saturated carbocycles. The third-order valence-electron chi connectivity index (χ3n) is 2.20. The number of nitrogens with two attached hydrogens (primary N) is 1. The Hall–Kier alpha value is -1.67. The molecule has 0 fully saturated rings. The number of carbonyl (C=O) groups excluding carboxylic acids is 1. The first-order valence-corrected chi connectivity index (χ1v) is 6.94. The highest BCUT2D eigenvalue weighted by molar-refractivity contribution is 7.15. The Balaban J connectivity index is 2.38. The number of ether oxygens (including phenoxy) is 1. The largest absolute Gasteiger partial charge is 0.444 e. The van der Waals surface area contributed by atoms with Gasteiger partial charge in [-0.25, -0.2) is 4.79 Å². The molecule has 0 aliphatic heterocycles. The summed E-state index contributed by atoms with van der Waals surface area (Å²) in [6.07, 6.45) is -0.0565. The Morgan fingerprint density at radius 2 is 2.20 bits per heavy atom. The van der Waals surface area contributed by atoms with Gasteiger partial charge >= 0.3 is 11.1 Å². The SMILES string of the molecule is CC(C)(C)OC(=O)NCC(N)Cc1ccc([N+](=O)[O-])s1. The Kier molecular flexibility index (Phi) is 5.46. The summed E-state index contributed by atoms with van der Waals surface area (Å²) in [5.41, 5.74) is 5.32. The summed E-state index contributed by atoms with van der Waals surface area (Å²) < 4.78 is 5.08. The van der Waals surface area contributed by atoms with E-state index in [0.717, 1.165) is 16.2 Å². The molecule has 20 heavy (non-hydrogen) atoms. The molecule has 0 radical (unpaired) electrons. The van der Waals surface area contributed by atoms with Crippen LogP contribution in [0.25, 0.3) is 0 Å². The van der Waals surface area contributed by atoms with Crippen molar-refractivity contribution in [3.63, 3.8) is 0 Å². The molecule has 3 N–H and O–H groups in total. The molecule has 0 bridgehead atoms. The molecule has 7 nitrogen and oxygen atoms in total. The first kappa shape index (κ1) is 16.4. The van der Waals surface area contributed by atoms with Gasteiger partial charge in [-0.1, -0.05) is 11.3 Å². The molecule has 1 rings (SSSR count). The van der Waals surface area contributed by atoms with Crippen LogP contribution in [0.2, 0.25) is 0 Å². The maximum atomic E-state index is 11.4. The van der Waals surface area contributed by atoms with E-state index in [1.807, 2.05) is 0 Å². The van der Waals surface area contributed by atoms with Crippen molar-refractivity contribution in [2.75, 3.05) is 6.54 Å². The number of rotatable bonds is 5. The molecule has 0 aromatic carbocycles. The van der Waals surface area contributed by atoms with E-state index in [2.05, 4.69) is 5.32 Å². The van der Waals surface area contributed by atoms with E-state index >= 15 is 0 Å². The van der Waals surface area contributed by atoms with Crippen LogP contribution in [0.4, 0.5) is 9.80 Å². The van der Waals surface area contributed by atoms with Crippen LogP contribution in [0.3, 0.4) is 0 Å². The molecule has 1 unspecified atom stereocenters. The van der Waals surface area contributed by atoms with Crippen molar-refractivity contribution >= 4 is 22.4 Å². The van der Waals surface area contributed by atoms with Gasteiger partial charge in [-0.2, -0.15) is 0 Å². The summed E-state index contributed by atoms with van der Waals surface area (Å²) in [5, 5.41) is 13.2. The lowest BCUT2D eigenvalue weighted by Gasteiger charge is -2.20. The molecule has 0 saturated heterocycles. The smallest absolute Gasteiger partial charge is 0.407 e. The lowest BCUT2D eigenvalue weighted by Crippen LogP contribution is -2.40. The quantitative estimate of drug-likeness (QED) is 0.639. The maximum Gasteiger partial charge on any atom is 0.407 e. The summed E-state index contributed by atoms with van der Waals surface area (Å²) in [4.78, 5) is 22.4. The maximum absolute atomic E-state index is 11.4. The van der Waals surface area contributed by atoms with Crippen molar-refractivity contribution in [2.24, 2.45) is 5.73 Å². The van der Waals surface area contributed by atoms with Gasteiger partial charge in [0.15, 0.2) is 0 Å². The molecule has 1 heterocycles. The molecule has 1 aromatic rings. The van der Waals surface area contributed by atoms with E-state index in [1.54, 1.807) is 26.8 Å². The number of nitro groups is 1. The van der Waals surface area contributed by atoms with Gasteiger partial charge in [0, 0.05) is 23.5 Å². The fourth-order valence-electron chi connectivity index (χ4n) is 1.43. The van der Waals surface area contributed by atoms with E-state index in [4.69, 9.17) is 10.5 Å². The Labute approximate surface area is 121 Å². The van der Waals surface area contributed by atoms with Crippen LogP contribution in [-0.4, -0.2) is 29.2 Å².